The third kappa shape index (κ3) is 6.18. The van der Waals surface area contributed by atoms with Crippen LogP contribution in [0.2, 0.25) is 0 Å². The predicted molar refractivity (Wildman–Crippen MR) is 117 cm³/mol. The van der Waals surface area contributed by atoms with E-state index in [0.717, 1.165) is 16.9 Å². The zero-order valence-electron chi connectivity index (χ0n) is 17.1. The van der Waals surface area contributed by atoms with E-state index in [-0.39, 0.29) is 18.0 Å². The van der Waals surface area contributed by atoms with Crippen molar-refractivity contribution in [2.75, 3.05) is 6.61 Å². The van der Waals surface area contributed by atoms with Crippen molar-refractivity contribution in [1.82, 2.24) is 10.3 Å². The molecule has 0 saturated heterocycles. The van der Waals surface area contributed by atoms with Gasteiger partial charge in [-0.3, -0.25) is 9.78 Å². The number of nitrogens with zero attached hydrogens (tertiary/aromatic N) is 1. The van der Waals surface area contributed by atoms with Crippen LogP contribution in [0.4, 0.5) is 0 Å². The minimum Gasteiger partial charge on any atom is -0.494 e. The Morgan fingerprint density at radius 1 is 1.03 bits per heavy atom. The van der Waals surface area contributed by atoms with Crippen molar-refractivity contribution < 1.29 is 19.4 Å². The molecule has 1 heterocycles. The number of pyridine rings is 1. The molecule has 2 aromatic carbocycles. The quantitative estimate of drug-likeness (QED) is 0.576. The summed E-state index contributed by atoms with van der Waals surface area (Å²) in [5.41, 5.74) is 3.05. The molecule has 3 aromatic rings. The lowest BCUT2D eigenvalue weighted by Crippen LogP contribution is -2.23. The highest BCUT2D eigenvalue weighted by molar-refractivity contribution is 5.96. The van der Waals surface area contributed by atoms with Crippen LogP contribution in [0.3, 0.4) is 0 Å². The average Bonchev–Trinajstić information content (AvgIpc) is 2.79. The highest BCUT2D eigenvalue weighted by Gasteiger charge is 2.10. The topological polar surface area (TPSA) is 88.5 Å². The van der Waals surface area contributed by atoms with Crippen molar-refractivity contribution in [3.8, 4) is 17.6 Å². The Bertz CT molecular complexity index is 1110. The third-order valence-electron chi connectivity index (χ3n) is 4.47. The van der Waals surface area contributed by atoms with Gasteiger partial charge in [0.25, 0.3) is 5.91 Å². The molecule has 0 spiro atoms. The van der Waals surface area contributed by atoms with Gasteiger partial charge >= 0.3 is 5.97 Å². The second-order valence-corrected chi connectivity index (χ2v) is 6.66. The van der Waals surface area contributed by atoms with Crippen molar-refractivity contribution in [2.24, 2.45) is 0 Å². The lowest BCUT2D eigenvalue weighted by atomic mass is 10.1. The van der Waals surface area contributed by atoms with Crippen LogP contribution in [-0.2, 0) is 13.0 Å². The van der Waals surface area contributed by atoms with Crippen LogP contribution < -0.4 is 10.1 Å². The fourth-order valence-electron chi connectivity index (χ4n) is 2.85. The van der Waals surface area contributed by atoms with E-state index >= 15 is 0 Å². The first kappa shape index (κ1) is 21.6. The second-order valence-electron chi connectivity index (χ2n) is 6.66. The van der Waals surface area contributed by atoms with Gasteiger partial charge in [-0.15, -0.1) is 0 Å². The summed E-state index contributed by atoms with van der Waals surface area (Å²) in [7, 11) is 0. The Kier molecular flexibility index (Phi) is 7.39. The molecule has 1 aromatic heterocycles. The molecule has 31 heavy (non-hydrogen) atoms. The molecule has 0 radical (unpaired) electrons. The molecule has 156 valence electrons. The second kappa shape index (κ2) is 10.6. The fourth-order valence-corrected chi connectivity index (χ4v) is 2.85. The number of carboxylic acids is 1. The van der Waals surface area contributed by atoms with E-state index in [2.05, 4.69) is 22.1 Å². The van der Waals surface area contributed by atoms with Gasteiger partial charge in [-0.2, -0.15) is 0 Å². The molecule has 2 N–H and O–H groups in total. The summed E-state index contributed by atoms with van der Waals surface area (Å²) in [6.07, 6.45) is 3.66. The van der Waals surface area contributed by atoms with Gasteiger partial charge < -0.3 is 15.2 Å². The average molecular weight is 414 g/mol. The molecule has 0 bridgehead atoms. The molecule has 6 nitrogen and oxygen atoms in total. The van der Waals surface area contributed by atoms with Gasteiger partial charge in [0, 0.05) is 25.4 Å². The van der Waals surface area contributed by atoms with Crippen LogP contribution in [-0.4, -0.2) is 28.6 Å². The Labute approximate surface area is 180 Å². The largest absolute Gasteiger partial charge is 0.494 e. The summed E-state index contributed by atoms with van der Waals surface area (Å²) < 4.78 is 5.43. The van der Waals surface area contributed by atoms with Gasteiger partial charge in [0.2, 0.25) is 0 Å². The van der Waals surface area contributed by atoms with Crippen molar-refractivity contribution in [3.05, 3.63) is 94.8 Å². The van der Waals surface area contributed by atoms with Crippen LogP contribution in [0.1, 0.15) is 44.3 Å². The van der Waals surface area contributed by atoms with Crippen LogP contribution in [0.25, 0.3) is 0 Å². The predicted octanol–water partition coefficient (Wildman–Crippen LogP) is 3.70. The maximum absolute atomic E-state index is 12.6. The molecule has 6 heteroatoms. The zero-order chi connectivity index (χ0) is 22.1. The molecule has 0 aliphatic rings. The van der Waals surface area contributed by atoms with E-state index in [1.807, 2.05) is 31.2 Å². The molecule has 1 amide bonds. The lowest BCUT2D eigenvalue weighted by molar-refractivity contribution is 0.0696. The highest BCUT2D eigenvalue weighted by Crippen LogP contribution is 2.12. The number of ether oxygens (including phenoxy) is 1. The summed E-state index contributed by atoms with van der Waals surface area (Å²) in [5, 5.41) is 11.8. The first-order valence-corrected chi connectivity index (χ1v) is 9.82. The van der Waals surface area contributed by atoms with Gasteiger partial charge in [0.05, 0.1) is 23.3 Å². The number of hydrogen-bond donors (Lipinski definition) is 2. The summed E-state index contributed by atoms with van der Waals surface area (Å²) >= 11 is 0. The number of amides is 1. The van der Waals surface area contributed by atoms with Crippen molar-refractivity contribution in [2.45, 2.75) is 19.9 Å². The number of rotatable bonds is 7. The monoisotopic (exact) mass is 414 g/mol. The molecule has 0 aliphatic carbocycles. The van der Waals surface area contributed by atoms with Crippen LogP contribution >= 0.6 is 0 Å². The number of nitrogens with one attached hydrogen (secondary N) is 1. The van der Waals surface area contributed by atoms with E-state index in [1.54, 1.807) is 30.6 Å². The first-order valence-electron chi connectivity index (χ1n) is 9.82. The SMILES string of the molecule is CCOc1ccc(CC#Cc2cnccc2C(=O)NCc2ccc(C(=O)O)cc2)cc1. The van der Waals surface area contributed by atoms with Crippen LogP contribution in [0.15, 0.2) is 67.0 Å². The summed E-state index contributed by atoms with van der Waals surface area (Å²) in [6.45, 7) is 2.84. The van der Waals surface area contributed by atoms with Crippen molar-refractivity contribution in [3.63, 3.8) is 0 Å². The van der Waals surface area contributed by atoms with E-state index in [4.69, 9.17) is 9.84 Å². The number of carboxylic acid groups (broad SMARTS) is 1. The standard InChI is InChI=1S/C25H22N2O4/c1-2-31-22-12-8-18(9-13-22)4-3-5-21-17-26-15-14-23(21)24(28)27-16-19-6-10-20(11-7-19)25(29)30/h6-15,17H,2,4,16H2,1H3,(H,27,28)(H,29,30). The number of aromatic carboxylic acids is 1. The van der Waals surface area contributed by atoms with Crippen LogP contribution in [0, 0.1) is 11.8 Å². The number of aromatic nitrogens is 1. The first-order chi connectivity index (χ1) is 15.1. The maximum Gasteiger partial charge on any atom is 0.335 e. The number of hydrogen-bond acceptors (Lipinski definition) is 4. The summed E-state index contributed by atoms with van der Waals surface area (Å²) in [6, 6.07) is 15.7. The van der Waals surface area contributed by atoms with Gasteiger partial charge in [-0.1, -0.05) is 36.1 Å². The Hall–Kier alpha value is -4.11. The van der Waals surface area contributed by atoms with Crippen LogP contribution in [0.5, 0.6) is 5.75 Å². The Morgan fingerprint density at radius 3 is 2.42 bits per heavy atom. The molecular formula is C25H22N2O4. The van der Waals surface area contributed by atoms with Gasteiger partial charge in [0.1, 0.15) is 5.75 Å². The molecule has 0 saturated carbocycles. The zero-order valence-corrected chi connectivity index (χ0v) is 17.1. The van der Waals surface area contributed by atoms with E-state index in [9.17, 15) is 9.59 Å². The minimum atomic E-state index is -0.985. The Morgan fingerprint density at radius 2 is 1.74 bits per heavy atom. The molecular weight excluding hydrogens is 392 g/mol. The van der Waals surface area contributed by atoms with Crippen molar-refractivity contribution in [1.29, 1.82) is 0 Å². The smallest absolute Gasteiger partial charge is 0.335 e. The fraction of sp³-hybridized carbons (Fsp3) is 0.160. The highest BCUT2D eigenvalue weighted by atomic mass is 16.5. The minimum absolute atomic E-state index is 0.203. The van der Waals surface area contributed by atoms with Gasteiger partial charge in [-0.25, -0.2) is 4.79 Å². The number of carbonyl (C=O) groups is 2. The summed E-state index contributed by atoms with van der Waals surface area (Å²) in [4.78, 5) is 27.6. The van der Waals surface area contributed by atoms with E-state index < -0.39 is 5.97 Å². The normalized spacial score (nSPS) is 9.97. The summed E-state index contributed by atoms with van der Waals surface area (Å²) in [5.74, 6) is 5.69. The third-order valence-corrected chi connectivity index (χ3v) is 4.47. The molecule has 3 rings (SSSR count). The molecule has 0 unspecified atom stereocenters. The van der Waals surface area contributed by atoms with E-state index in [1.165, 1.54) is 12.1 Å². The number of benzene rings is 2. The molecule has 0 atom stereocenters. The van der Waals surface area contributed by atoms with Gasteiger partial charge in [-0.05, 0) is 48.4 Å². The van der Waals surface area contributed by atoms with Crippen molar-refractivity contribution >= 4 is 11.9 Å². The molecule has 0 aliphatic heterocycles. The number of carbonyl (C=O) groups excluding carboxylic acids is 1. The lowest BCUT2D eigenvalue weighted by Gasteiger charge is -2.07. The maximum atomic E-state index is 12.6. The van der Waals surface area contributed by atoms with E-state index in [0.29, 0.717) is 24.2 Å². The molecule has 0 fully saturated rings. The Balaban J connectivity index is 1.63. The van der Waals surface area contributed by atoms with Gasteiger partial charge in [0.15, 0.2) is 0 Å².